The molecular formula is C3H5F2N. The SMILES string of the molecule is CCC(F)=NF. The first-order valence-electron chi connectivity index (χ1n) is 1.64. The Bertz CT molecular complexity index is 59.8. The fourth-order valence-corrected chi connectivity index (χ4v) is 0.0598. The fourth-order valence-electron chi connectivity index (χ4n) is 0.0598. The molecule has 0 aromatic rings. The molecular weight excluding hydrogens is 88.0 g/mol. The predicted octanol–water partition coefficient (Wildman–Crippen LogP) is 1.65. The van der Waals surface area contributed by atoms with Gasteiger partial charge in [0, 0.05) is 6.42 Å². The minimum atomic E-state index is -0.949. The van der Waals surface area contributed by atoms with Gasteiger partial charge >= 0.3 is 0 Å². The third kappa shape index (κ3) is 1.81. The summed E-state index contributed by atoms with van der Waals surface area (Å²) in [5.41, 5.74) is 0. The van der Waals surface area contributed by atoms with Crippen LogP contribution in [0.3, 0.4) is 0 Å². The van der Waals surface area contributed by atoms with E-state index in [1.807, 2.05) is 0 Å². The summed E-state index contributed by atoms with van der Waals surface area (Å²) in [7, 11) is 0. The maximum atomic E-state index is 11.2. The summed E-state index contributed by atoms with van der Waals surface area (Å²) in [5, 5.41) is 1.76. The summed E-state index contributed by atoms with van der Waals surface area (Å²) in [4.78, 5) is 0. The largest absolute Gasteiger partial charge is 0.220 e. The van der Waals surface area contributed by atoms with Crippen molar-refractivity contribution >= 4 is 5.97 Å². The van der Waals surface area contributed by atoms with E-state index in [1.165, 1.54) is 6.92 Å². The Balaban J connectivity index is 3.22. The highest BCUT2D eigenvalue weighted by molar-refractivity contribution is 5.73. The first kappa shape index (κ1) is 5.53. The topological polar surface area (TPSA) is 12.4 Å². The maximum Gasteiger partial charge on any atom is 0.220 e. The van der Waals surface area contributed by atoms with Gasteiger partial charge in [-0.05, 0) is 0 Å². The number of rotatable bonds is 1. The van der Waals surface area contributed by atoms with Crippen molar-refractivity contribution in [3.63, 3.8) is 0 Å². The molecule has 0 aliphatic rings. The second-order valence-electron chi connectivity index (χ2n) is 0.814. The van der Waals surface area contributed by atoms with Crippen LogP contribution in [0.4, 0.5) is 8.87 Å². The molecule has 0 bridgehead atoms. The second kappa shape index (κ2) is 2.75. The molecule has 36 valence electrons. The van der Waals surface area contributed by atoms with Crippen molar-refractivity contribution in [2.24, 2.45) is 5.21 Å². The lowest BCUT2D eigenvalue weighted by molar-refractivity contribution is 0.513. The summed E-state index contributed by atoms with van der Waals surface area (Å²) in [6.07, 6.45) is 0.0382. The Kier molecular flexibility index (Phi) is 2.54. The van der Waals surface area contributed by atoms with E-state index in [-0.39, 0.29) is 6.42 Å². The summed E-state index contributed by atoms with van der Waals surface area (Å²) in [6.45, 7) is 1.48. The molecule has 0 saturated heterocycles. The van der Waals surface area contributed by atoms with E-state index >= 15 is 0 Å². The van der Waals surface area contributed by atoms with Crippen LogP contribution in [-0.2, 0) is 0 Å². The Labute approximate surface area is 34.6 Å². The third-order valence-corrected chi connectivity index (χ3v) is 0.383. The highest BCUT2D eigenvalue weighted by atomic mass is 19.2. The van der Waals surface area contributed by atoms with Crippen LogP contribution in [-0.4, -0.2) is 5.97 Å². The summed E-state index contributed by atoms with van der Waals surface area (Å²) in [5.74, 6) is -0.949. The van der Waals surface area contributed by atoms with E-state index in [9.17, 15) is 8.87 Å². The molecule has 0 aromatic carbocycles. The highest BCUT2D eigenvalue weighted by Crippen LogP contribution is 1.85. The van der Waals surface area contributed by atoms with Gasteiger partial charge in [-0.3, -0.25) is 0 Å². The van der Waals surface area contributed by atoms with Gasteiger partial charge < -0.3 is 0 Å². The highest BCUT2D eigenvalue weighted by Gasteiger charge is 1.85. The van der Waals surface area contributed by atoms with Crippen LogP contribution in [0.15, 0.2) is 5.21 Å². The minimum Gasteiger partial charge on any atom is -0.187 e. The number of halogens is 2. The lowest BCUT2D eigenvalue weighted by Crippen LogP contribution is -1.78. The Morgan fingerprint density at radius 3 is 2.33 bits per heavy atom. The average Bonchev–Trinajstić information content (AvgIpc) is 1.65. The molecule has 0 atom stereocenters. The number of hydrogen-bond acceptors (Lipinski definition) is 1. The van der Waals surface area contributed by atoms with Crippen molar-refractivity contribution in [2.45, 2.75) is 13.3 Å². The summed E-state index contributed by atoms with van der Waals surface area (Å²) < 4.78 is 21.8. The van der Waals surface area contributed by atoms with Crippen LogP contribution >= 0.6 is 0 Å². The van der Waals surface area contributed by atoms with Crippen molar-refractivity contribution in [1.82, 2.24) is 0 Å². The molecule has 1 nitrogen and oxygen atoms in total. The van der Waals surface area contributed by atoms with E-state index in [0.29, 0.717) is 0 Å². The van der Waals surface area contributed by atoms with Crippen LogP contribution < -0.4 is 0 Å². The van der Waals surface area contributed by atoms with Gasteiger partial charge in [-0.15, -0.1) is 0 Å². The van der Waals surface area contributed by atoms with Crippen molar-refractivity contribution in [1.29, 1.82) is 0 Å². The first-order chi connectivity index (χ1) is 2.81. The number of nitrogens with zero attached hydrogens (tertiary/aromatic N) is 1. The van der Waals surface area contributed by atoms with Crippen LogP contribution in [0.1, 0.15) is 13.3 Å². The molecule has 0 aliphatic heterocycles. The molecule has 0 heterocycles. The van der Waals surface area contributed by atoms with Gasteiger partial charge in [0.15, 0.2) is 0 Å². The van der Waals surface area contributed by atoms with Gasteiger partial charge in [0.1, 0.15) is 0 Å². The Morgan fingerprint density at radius 2 is 2.33 bits per heavy atom. The minimum absolute atomic E-state index is 0.0382. The molecule has 0 radical (unpaired) electrons. The number of hydrogen-bond donors (Lipinski definition) is 0. The smallest absolute Gasteiger partial charge is 0.187 e. The lowest BCUT2D eigenvalue weighted by atomic mass is 10.5. The molecule has 0 fully saturated rings. The van der Waals surface area contributed by atoms with Gasteiger partial charge in [-0.1, -0.05) is 16.6 Å². The molecule has 0 saturated carbocycles. The first-order valence-corrected chi connectivity index (χ1v) is 1.64. The van der Waals surface area contributed by atoms with Gasteiger partial charge in [-0.2, -0.15) is 4.39 Å². The van der Waals surface area contributed by atoms with Crippen LogP contribution in [0.2, 0.25) is 0 Å². The molecule has 0 aromatic heterocycles. The maximum absolute atomic E-state index is 11.2. The quantitative estimate of drug-likeness (QED) is 0.437. The molecule has 0 aliphatic carbocycles. The van der Waals surface area contributed by atoms with Crippen LogP contribution in [0.5, 0.6) is 0 Å². The monoisotopic (exact) mass is 93.0 g/mol. The zero-order valence-corrected chi connectivity index (χ0v) is 3.41. The average molecular weight is 93.1 g/mol. The van der Waals surface area contributed by atoms with E-state index < -0.39 is 5.97 Å². The van der Waals surface area contributed by atoms with Crippen molar-refractivity contribution in [2.75, 3.05) is 0 Å². The molecule has 0 rings (SSSR count). The van der Waals surface area contributed by atoms with E-state index in [2.05, 4.69) is 0 Å². The van der Waals surface area contributed by atoms with Crippen molar-refractivity contribution in [3.8, 4) is 0 Å². The van der Waals surface area contributed by atoms with Crippen molar-refractivity contribution in [3.05, 3.63) is 0 Å². The van der Waals surface area contributed by atoms with Crippen LogP contribution in [0.25, 0.3) is 0 Å². The van der Waals surface area contributed by atoms with E-state index in [4.69, 9.17) is 0 Å². The summed E-state index contributed by atoms with van der Waals surface area (Å²) in [6, 6.07) is 0. The van der Waals surface area contributed by atoms with Crippen molar-refractivity contribution < 1.29 is 8.87 Å². The molecule has 6 heavy (non-hydrogen) atoms. The Morgan fingerprint density at radius 1 is 1.83 bits per heavy atom. The fraction of sp³-hybridized carbons (Fsp3) is 0.667. The predicted molar refractivity (Wildman–Crippen MR) is 19.9 cm³/mol. The van der Waals surface area contributed by atoms with Gasteiger partial charge in [-0.25, -0.2) is 0 Å². The lowest BCUT2D eigenvalue weighted by Gasteiger charge is -1.74. The van der Waals surface area contributed by atoms with Gasteiger partial charge in [0.05, 0.1) is 0 Å². The third-order valence-electron chi connectivity index (χ3n) is 0.383. The molecule has 0 amide bonds. The molecule has 0 N–H and O–H groups in total. The molecule has 0 unspecified atom stereocenters. The zero-order chi connectivity index (χ0) is 4.99. The van der Waals surface area contributed by atoms with E-state index in [1.54, 1.807) is 5.21 Å². The molecule has 0 spiro atoms. The van der Waals surface area contributed by atoms with E-state index in [0.717, 1.165) is 0 Å². The summed E-state index contributed by atoms with van der Waals surface area (Å²) >= 11 is 0. The zero-order valence-electron chi connectivity index (χ0n) is 3.41. The van der Waals surface area contributed by atoms with Crippen LogP contribution in [0, 0.1) is 0 Å². The second-order valence-corrected chi connectivity index (χ2v) is 0.814. The van der Waals surface area contributed by atoms with Gasteiger partial charge in [0.25, 0.3) is 0 Å². The van der Waals surface area contributed by atoms with Gasteiger partial charge in [0.2, 0.25) is 5.97 Å². The standard InChI is InChI=1S/C3H5F2N/c1-2-3(4)6-5/h2H2,1H3. The Hall–Kier alpha value is -0.470. The normalized spacial score (nSPS) is 12.2. The molecule has 3 heteroatoms.